The summed E-state index contributed by atoms with van der Waals surface area (Å²) in [4.78, 5) is 12.1. The molecule has 1 heterocycles. The molecular weight excluding hydrogens is 274 g/mol. The van der Waals surface area contributed by atoms with Crippen molar-refractivity contribution >= 4 is 17.7 Å². The molecular formula is C18H23N3O. The zero-order valence-electron chi connectivity index (χ0n) is 13.9. The van der Waals surface area contributed by atoms with Gasteiger partial charge >= 0.3 is 0 Å². The minimum absolute atomic E-state index is 0.130. The van der Waals surface area contributed by atoms with E-state index in [1.165, 1.54) is 5.56 Å². The molecule has 0 unspecified atom stereocenters. The van der Waals surface area contributed by atoms with Crippen molar-refractivity contribution < 1.29 is 4.79 Å². The fraction of sp³-hybridized carbons (Fsp3) is 0.333. The maximum absolute atomic E-state index is 12.1. The second-order valence-corrected chi connectivity index (χ2v) is 5.54. The van der Waals surface area contributed by atoms with Gasteiger partial charge < -0.3 is 5.32 Å². The van der Waals surface area contributed by atoms with Gasteiger partial charge in [0, 0.05) is 29.6 Å². The topological polar surface area (TPSA) is 46.9 Å². The molecule has 116 valence electrons. The van der Waals surface area contributed by atoms with Crippen LogP contribution < -0.4 is 5.32 Å². The standard InChI is InChI=1S/C18H23N3O/c1-6-21-15(5)16(14(4)20-21)8-10-18(22)19-17-9-7-12(2)11-13(17)3/h7-11H,6H2,1-5H3,(H,19,22)/b10-8+. The number of carbonyl (C=O) groups excluding carboxylic acids is 1. The highest BCUT2D eigenvalue weighted by atomic mass is 16.1. The Hall–Kier alpha value is -2.36. The summed E-state index contributed by atoms with van der Waals surface area (Å²) in [7, 11) is 0. The molecule has 0 spiro atoms. The summed E-state index contributed by atoms with van der Waals surface area (Å²) in [6.07, 6.45) is 3.40. The molecule has 1 N–H and O–H groups in total. The second-order valence-electron chi connectivity index (χ2n) is 5.54. The molecule has 0 fully saturated rings. The van der Waals surface area contributed by atoms with Crippen LogP contribution in [0.1, 0.15) is 35.0 Å². The average molecular weight is 297 g/mol. The van der Waals surface area contributed by atoms with Crippen LogP contribution in [0.15, 0.2) is 24.3 Å². The third-order valence-corrected chi connectivity index (χ3v) is 3.78. The van der Waals surface area contributed by atoms with Crippen molar-refractivity contribution in [2.45, 2.75) is 41.2 Å². The zero-order chi connectivity index (χ0) is 16.3. The fourth-order valence-corrected chi connectivity index (χ4v) is 2.55. The molecule has 22 heavy (non-hydrogen) atoms. The van der Waals surface area contributed by atoms with Gasteiger partial charge in [-0.15, -0.1) is 0 Å². The quantitative estimate of drug-likeness (QED) is 0.873. The summed E-state index contributed by atoms with van der Waals surface area (Å²) in [5.41, 5.74) is 6.12. The van der Waals surface area contributed by atoms with Crippen molar-refractivity contribution in [3.63, 3.8) is 0 Å². The number of nitrogens with one attached hydrogen (secondary N) is 1. The Morgan fingerprint density at radius 1 is 1.27 bits per heavy atom. The molecule has 4 nitrogen and oxygen atoms in total. The van der Waals surface area contributed by atoms with E-state index >= 15 is 0 Å². The Kier molecular flexibility index (Phi) is 4.81. The molecule has 0 saturated carbocycles. The lowest BCUT2D eigenvalue weighted by molar-refractivity contribution is -0.111. The highest BCUT2D eigenvalue weighted by Crippen LogP contribution is 2.17. The van der Waals surface area contributed by atoms with Crippen LogP contribution in [0, 0.1) is 27.7 Å². The lowest BCUT2D eigenvalue weighted by Crippen LogP contribution is -2.09. The predicted molar refractivity (Wildman–Crippen MR) is 91.0 cm³/mol. The monoisotopic (exact) mass is 297 g/mol. The Balaban J connectivity index is 2.13. The van der Waals surface area contributed by atoms with Crippen LogP contribution in [0.2, 0.25) is 0 Å². The summed E-state index contributed by atoms with van der Waals surface area (Å²) in [6.45, 7) is 10.9. The first kappa shape index (κ1) is 16.0. The van der Waals surface area contributed by atoms with Gasteiger partial charge in [-0.25, -0.2) is 0 Å². The van der Waals surface area contributed by atoms with E-state index in [-0.39, 0.29) is 5.91 Å². The van der Waals surface area contributed by atoms with Crippen molar-refractivity contribution in [2.75, 3.05) is 5.32 Å². The molecule has 0 atom stereocenters. The normalized spacial score (nSPS) is 11.1. The van der Waals surface area contributed by atoms with Gasteiger partial charge in [0.2, 0.25) is 5.91 Å². The molecule has 0 radical (unpaired) electrons. The molecule has 0 aliphatic rings. The predicted octanol–water partition coefficient (Wildman–Crippen LogP) is 3.79. The lowest BCUT2D eigenvalue weighted by Gasteiger charge is -2.07. The molecule has 2 aromatic rings. The summed E-state index contributed by atoms with van der Waals surface area (Å²) < 4.78 is 1.94. The van der Waals surface area contributed by atoms with E-state index in [1.54, 1.807) is 6.08 Å². The Morgan fingerprint density at radius 3 is 2.59 bits per heavy atom. The van der Waals surface area contributed by atoms with Crippen LogP contribution in [0.5, 0.6) is 0 Å². The van der Waals surface area contributed by atoms with Crippen LogP contribution in [0.3, 0.4) is 0 Å². The van der Waals surface area contributed by atoms with Gasteiger partial charge in [0.05, 0.1) is 5.69 Å². The van der Waals surface area contributed by atoms with E-state index < -0.39 is 0 Å². The fourth-order valence-electron chi connectivity index (χ4n) is 2.55. The molecule has 0 aliphatic heterocycles. The van der Waals surface area contributed by atoms with Crippen LogP contribution in [0.4, 0.5) is 5.69 Å². The molecule has 1 aromatic carbocycles. The molecule has 4 heteroatoms. The molecule has 1 amide bonds. The minimum Gasteiger partial charge on any atom is -0.322 e. The first-order valence-corrected chi connectivity index (χ1v) is 7.52. The number of hydrogen-bond acceptors (Lipinski definition) is 2. The average Bonchev–Trinajstić information content (AvgIpc) is 2.74. The lowest BCUT2D eigenvalue weighted by atomic mass is 10.1. The van der Waals surface area contributed by atoms with E-state index in [0.717, 1.165) is 34.7 Å². The minimum atomic E-state index is -0.130. The van der Waals surface area contributed by atoms with Crippen molar-refractivity contribution in [2.24, 2.45) is 0 Å². The molecule has 0 saturated heterocycles. The van der Waals surface area contributed by atoms with Crippen molar-refractivity contribution in [3.05, 3.63) is 52.4 Å². The smallest absolute Gasteiger partial charge is 0.248 e. The number of aryl methyl sites for hydroxylation is 4. The van der Waals surface area contributed by atoms with Crippen molar-refractivity contribution in [3.8, 4) is 0 Å². The van der Waals surface area contributed by atoms with E-state index in [2.05, 4.69) is 23.4 Å². The van der Waals surface area contributed by atoms with E-state index in [0.29, 0.717) is 0 Å². The van der Waals surface area contributed by atoms with Crippen LogP contribution in [0.25, 0.3) is 6.08 Å². The summed E-state index contributed by atoms with van der Waals surface area (Å²) >= 11 is 0. The maximum atomic E-state index is 12.1. The highest BCUT2D eigenvalue weighted by molar-refractivity contribution is 6.02. The SMILES string of the molecule is CCn1nc(C)c(/C=C/C(=O)Nc2ccc(C)cc2C)c1C. The first-order valence-electron chi connectivity index (χ1n) is 7.52. The van der Waals surface area contributed by atoms with Gasteiger partial charge in [0.15, 0.2) is 0 Å². The Labute approximate surface area is 131 Å². The Bertz CT molecular complexity index is 726. The Morgan fingerprint density at radius 2 is 2.00 bits per heavy atom. The summed E-state index contributed by atoms with van der Waals surface area (Å²) in [5, 5.41) is 7.36. The third-order valence-electron chi connectivity index (χ3n) is 3.78. The zero-order valence-corrected chi connectivity index (χ0v) is 13.9. The third kappa shape index (κ3) is 3.45. The van der Waals surface area contributed by atoms with Crippen LogP contribution >= 0.6 is 0 Å². The number of benzene rings is 1. The van der Waals surface area contributed by atoms with Gasteiger partial charge in [-0.1, -0.05) is 17.7 Å². The molecule has 0 bridgehead atoms. The number of hydrogen-bond donors (Lipinski definition) is 1. The van der Waals surface area contributed by atoms with Gasteiger partial charge in [0.1, 0.15) is 0 Å². The summed E-state index contributed by atoms with van der Waals surface area (Å²) in [6, 6.07) is 5.98. The number of aromatic nitrogens is 2. The number of nitrogens with zero attached hydrogens (tertiary/aromatic N) is 2. The van der Waals surface area contributed by atoms with Crippen LogP contribution in [-0.2, 0) is 11.3 Å². The van der Waals surface area contributed by atoms with Crippen LogP contribution in [-0.4, -0.2) is 15.7 Å². The molecule has 1 aromatic heterocycles. The van der Waals surface area contributed by atoms with E-state index in [9.17, 15) is 4.79 Å². The van der Waals surface area contributed by atoms with Crippen molar-refractivity contribution in [1.82, 2.24) is 9.78 Å². The van der Waals surface area contributed by atoms with Gasteiger partial charge in [0.25, 0.3) is 0 Å². The number of carbonyl (C=O) groups is 1. The largest absolute Gasteiger partial charge is 0.322 e. The van der Waals surface area contributed by atoms with E-state index in [1.807, 2.05) is 50.6 Å². The molecule has 2 rings (SSSR count). The van der Waals surface area contributed by atoms with Crippen molar-refractivity contribution in [1.29, 1.82) is 0 Å². The van der Waals surface area contributed by atoms with E-state index in [4.69, 9.17) is 0 Å². The van der Waals surface area contributed by atoms with Gasteiger partial charge in [-0.05, 0) is 52.3 Å². The highest BCUT2D eigenvalue weighted by Gasteiger charge is 2.08. The first-order chi connectivity index (χ1) is 10.4. The molecule has 0 aliphatic carbocycles. The number of amides is 1. The van der Waals surface area contributed by atoms with Gasteiger partial charge in [-0.2, -0.15) is 5.10 Å². The summed E-state index contributed by atoms with van der Waals surface area (Å²) in [5.74, 6) is -0.130. The maximum Gasteiger partial charge on any atom is 0.248 e. The number of rotatable bonds is 4. The number of anilines is 1. The van der Waals surface area contributed by atoms with Gasteiger partial charge in [-0.3, -0.25) is 9.48 Å². The second kappa shape index (κ2) is 6.60.